The minimum atomic E-state index is -0.150. The summed E-state index contributed by atoms with van der Waals surface area (Å²) in [6.07, 6.45) is 1.76. The van der Waals surface area contributed by atoms with Crippen LogP contribution in [-0.4, -0.2) is 47.9 Å². The lowest BCUT2D eigenvalue weighted by atomic mass is 10.1. The Bertz CT molecular complexity index is 884. The average Bonchev–Trinajstić information content (AvgIpc) is 3.24. The van der Waals surface area contributed by atoms with E-state index in [4.69, 9.17) is 0 Å². The number of hydrogen-bond donors (Lipinski definition) is 3. The number of fused-ring (bicyclic) bond motifs is 1. The summed E-state index contributed by atoms with van der Waals surface area (Å²) in [7, 11) is 0. The molecular weight excluding hydrogens is 408 g/mol. The number of nitrogens with zero attached hydrogens (tertiary/aromatic N) is 1. The molecule has 0 aliphatic carbocycles. The highest BCUT2D eigenvalue weighted by Gasteiger charge is 2.24. The van der Waals surface area contributed by atoms with Crippen LogP contribution in [0, 0.1) is 0 Å². The third-order valence-electron chi connectivity index (χ3n) is 4.63. The molecule has 2 aromatic rings. The highest BCUT2D eigenvalue weighted by Crippen LogP contribution is 2.34. The summed E-state index contributed by atoms with van der Waals surface area (Å²) in [5.74, 6) is -0.297. The van der Waals surface area contributed by atoms with Crippen molar-refractivity contribution in [2.45, 2.75) is 13.8 Å². The number of nitrogens with one attached hydrogen (secondary N) is 3. The smallest absolute Gasteiger partial charge is 0.267 e. The summed E-state index contributed by atoms with van der Waals surface area (Å²) < 4.78 is 0.906. The molecule has 0 fully saturated rings. The number of benzene rings is 1. The molecule has 27 heavy (non-hydrogen) atoms. The molecule has 3 N–H and O–H groups in total. The lowest BCUT2D eigenvalue weighted by Gasteiger charge is -2.17. The maximum absolute atomic E-state index is 12.3. The third-order valence-corrected chi connectivity index (χ3v) is 5.12. The van der Waals surface area contributed by atoms with Crippen LogP contribution in [0.3, 0.4) is 0 Å². The number of carbonyl (C=O) groups is 2. The molecule has 6 nitrogen and oxygen atoms in total. The summed E-state index contributed by atoms with van der Waals surface area (Å²) >= 11 is 3.43. The average molecular weight is 431 g/mol. The zero-order chi connectivity index (χ0) is 19.4. The molecule has 1 aliphatic rings. The zero-order valence-electron chi connectivity index (χ0n) is 15.4. The molecule has 1 aliphatic heterocycles. The monoisotopic (exact) mass is 430 g/mol. The second kappa shape index (κ2) is 8.54. The SMILES string of the molecule is CCN(CC)CCNC(=O)c1ccc(C=C2C(=O)Nc3ccc(Br)cc32)[nH]1. The van der Waals surface area contributed by atoms with E-state index in [-0.39, 0.29) is 11.8 Å². The van der Waals surface area contributed by atoms with Gasteiger partial charge in [-0.05, 0) is 49.5 Å². The Morgan fingerprint density at radius 3 is 2.74 bits per heavy atom. The molecule has 0 atom stereocenters. The second-order valence-electron chi connectivity index (χ2n) is 6.31. The molecule has 0 unspecified atom stereocenters. The molecule has 1 aromatic carbocycles. The van der Waals surface area contributed by atoms with Crippen LogP contribution < -0.4 is 10.6 Å². The van der Waals surface area contributed by atoms with Gasteiger partial charge in [-0.25, -0.2) is 0 Å². The van der Waals surface area contributed by atoms with Gasteiger partial charge < -0.3 is 20.5 Å². The van der Waals surface area contributed by atoms with Gasteiger partial charge in [-0.2, -0.15) is 0 Å². The highest BCUT2D eigenvalue weighted by atomic mass is 79.9. The number of halogens is 1. The molecule has 0 saturated heterocycles. The Labute approximate surface area is 167 Å². The van der Waals surface area contributed by atoms with Gasteiger partial charge in [0.2, 0.25) is 0 Å². The predicted octanol–water partition coefficient (Wildman–Crippen LogP) is 3.34. The quantitative estimate of drug-likeness (QED) is 0.589. The van der Waals surface area contributed by atoms with Crippen molar-refractivity contribution in [3.63, 3.8) is 0 Å². The van der Waals surface area contributed by atoms with E-state index in [1.165, 1.54) is 0 Å². The summed E-state index contributed by atoms with van der Waals surface area (Å²) in [4.78, 5) is 29.9. The van der Waals surface area contributed by atoms with E-state index in [0.717, 1.165) is 35.4 Å². The molecule has 142 valence electrons. The Morgan fingerprint density at radius 2 is 2.00 bits per heavy atom. The van der Waals surface area contributed by atoms with Gasteiger partial charge in [0.05, 0.1) is 5.57 Å². The van der Waals surface area contributed by atoms with Gasteiger partial charge in [0.15, 0.2) is 0 Å². The topological polar surface area (TPSA) is 77.2 Å². The van der Waals surface area contributed by atoms with Gasteiger partial charge in [-0.15, -0.1) is 0 Å². The number of hydrogen-bond acceptors (Lipinski definition) is 3. The maximum atomic E-state index is 12.3. The summed E-state index contributed by atoms with van der Waals surface area (Å²) in [6.45, 7) is 7.55. The predicted molar refractivity (Wildman–Crippen MR) is 112 cm³/mol. The van der Waals surface area contributed by atoms with E-state index < -0.39 is 0 Å². The standard InChI is InChI=1S/C20H23BrN4O2/c1-3-25(4-2)10-9-22-20(27)18-8-6-14(23-18)12-16-15-11-13(21)5-7-17(15)24-19(16)26/h5-8,11-12,23H,3-4,9-10H2,1-2H3,(H,22,27)(H,24,26). The minimum Gasteiger partial charge on any atom is -0.351 e. The highest BCUT2D eigenvalue weighted by molar-refractivity contribution is 9.10. The van der Waals surface area contributed by atoms with E-state index in [0.29, 0.717) is 23.5 Å². The number of anilines is 1. The van der Waals surface area contributed by atoms with Crippen LogP contribution in [0.15, 0.2) is 34.8 Å². The molecule has 0 bridgehead atoms. The molecular formula is C20H23BrN4O2. The van der Waals surface area contributed by atoms with Crippen molar-refractivity contribution in [3.8, 4) is 0 Å². The first-order chi connectivity index (χ1) is 13.0. The minimum absolute atomic E-state index is 0.147. The molecule has 0 radical (unpaired) electrons. The zero-order valence-corrected chi connectivity index (χ0v) is 17.0. The molecule has 1 aromatic heterocycles. The number of aromatic amines is 1. The fourth-order valence-electron chi connectivity index (χ4n) is 3.05. The fraction of sp³-hybridized carbons (Fsp3) is 0.300. The Hall–Kier alpha value is -2.38. The summed E-state index contributed by atoms with van der Waals surface area (Å²) in [5.41, 5.74) is 3.39. The van der Waals surface area contributed by atoms with Crippen molar-refractivity contribution in [2.24, 2.45) is 0 Å². The number of carbonyl (C=O) groups excluding carboxylic acids is 2. The van der Waals surface area contributed by atoms with Crippen molar-refractivity contribution in [2.75, 3.05) is 31.5 Å². The van der Waals surface area contributed by atoms with Crippen molar-refractivity contribution in [3.05, 3.63) is 51.8 Å². The third kappa shape index (κ3) is 4.48. The molecule has 2 amide bonds. The molecule has 7 heteroatoms. The number of likely N-dealkylation sites (N-methyl/N-ethyl adjacent to an activating group) is 1. The molecule has 3 rings (SSSR count). The van der Waals surface area contributed by atoms with Crippen LogP contribution in [-0.2, 0) is 4.79 Å². The number of amides is 2. The van der Waals surface area contributed by atoms with Gasteiger partial charge in [-0.1, -0.05) is 29.8 Å². The van der Waals surface area contributed by atoms with Crippen molar-refractivity contribution in [1.29, 1.82) is 0 Å². The van der Waals surface area contributed by atoms with Crippen LogP contribution in [0.5, 0.6) is 0 Å². The largest absolute Gasteiger partial charge is 0.351 e. The van der Waals surface area contributed by atoms with E-state index in [9.17, 15) is 9.59 Å². The van der Waals surface area contributed by atoms with Gasteiger partial charge >= 0.3 is 0 Å². The van der Waals surface area contributed by atoms with E-state index >= 15 is 0 Å². The van der Waals surface area contributed by atoms with Gasteiger partial charge in [0.1, 0.15) is 5.69 Å². The molecule has 0 saturated carbocycles. The van der Waals surface area contributed by atoms with Gasteiger partial charge in [0.25, 0.3) is 11.8 Å². The van der Waals surface area contributed by atoms with Gasteiger partial charge in [-0.3, -0.25) is 9.59 Å². The maximum Gasteiger partial charge on any atom is 0.267 e. The first-order valence-corrected chi connectivity index (χ1v) is 9.83. The summed E-state index contributed by atoms with van der Waals surface area (Å²) in [5, 5.41) is 5.77. The van der Waals surface area contributed by atoms with Crippen LogP contribution in [0.25, 0.3) is 11.6 Å². The fourth-order valence-corrected chi connectivity index (χ4v) is 3.41. The van der Waals surface area contributed by atoms with Crippen molar-refractivity contribution >= 4 is 45.1 Å². The van der Waals surface area contributed by atoms with Gasteiger partial charge in [0, 0.05) is 34.5 Å². The first-order valence-electron chi connectivity index (χ1n) is 9.04. The van der Waals surface area contributed by atoms with Crippen LogP contribution in [0.4, 0.5) is 5.69 Å². The van der Waals surface area contributed by atoms with Crippen LogP contribution >= 0.6 is 15.9 Å². The van der Waals surface area contributed by atoms with Crippen LogP contribution in [0.1, 0.15) is 35.6 Å². The van der Waals surface area contributed by atoms with Crippen LogP contribution in [0.2, 0.25) is 0 Å². The van der Waals surface area contributed by atoms with E-state index in [1.54, 1.807) is 18.2 Å². The van der Waals surface area contributed by atoms with Crippen molar-refractivity contribution in [1.82, 2.24) is 15.2 Å². The Balaban J connectivity index is 1.69. The molecule has 2 heterocycles. The lowest BCUT2D eigenvalue weighted by molar-refractivity contribution is -0.110. The number of H-pyrrole nitrogens is 1. The summed E-state index contributed by atoms with van der Waals surface area (Å²) in [6, 6.07) is 9.19. The number of rotatable bonds is 7. The Morgan fingerprint density at radius 1 is 1.22 bits per heavy atom. The normalized spacial score (nSPS) is 14.5. The second-order valence-corrected chi connectivity index (χ2v) is 7.23. The molecule has 0 spiro atoms. The van der Waals surface area contributed by atoms with E-state index in [1.807, 2.05) is 18.2 Å². The first kappa shape index (κ1) is 19.4. The lowest BCUT2D eigenvalue weighted by Crippen LogP contribution is -2.34. The van der Waals surface area contributed by atoms with E-state index in [2.05, 4.69) is 50.3 Å². The number of aromatic nitrogens is 1. The van der Waals surface area contributed by atoms with Crippen molar-refractivity contribution < 1.29 is 9.59 Å². The Kier molecular flexibility index (Phi) is 6.13.